The molecule has 148 valence electrons. The van der Waals surface area contributed by atoms with Crippen molar-refractivity contribution < 1.29 is 31.4 Å². The van der Waals surface area contributed by atoms with Crippen LogP contribution in [0.15, 0.2) is 48.5 Å². The molecule has 0 fully saturated rings. The van der Waals surface area contributed by atoms with Crippen LogP contribution in [0, 0.1) is 0 Å². The van der Waals surface area contributed by atoms with Crippen molar-refractivity contribution in [2.45, 2.75) is 31.9 Å². The smallest absolute Gasteiger partial charge is 0.396 e. The van der Waals surface area contributed by atoms with Crippen LogP contribution in [0.5, 0.6) is 0 Å². The van der Waals surface area contributed by atoms with E-state index in [-0.39, 0.29) is 43.8 Å². The average molecular weight is 391 g/mol. The zero-order valence-electron chi connectivity index (χ0n) is 14.3. The third-order valence-corrected chi connectivity index (χ3v) is 4.07. The summed E-state index contributed by atoms with van der Waals surface area (Å²) in [6, 6.07) is 9.96. The van der Waals surface area contributed by atoms with Crippen molar-refractivity contribution in [1.82, 2.24) is 4.90 Å². The van der Waals surface area contributed by atoms with E-state index in [2.05, 4.69) is 0 Å². The maximum absolute atomic E-state index is 13.2. The highest BCUT2D eigenvalue weighted by Gasteiger charge is 2.35. The van der Waals surface area contributed by atoms with Crippen molar-refractivity contribution in [3.63, 3.8) is 0 Å². The van der Waals surface area contributed by atoms with Gasteiger partial charge in [-0.2, -0.15) is 26.3 Å². The zero-order valence-corrected chi connectivity index (χ0v) is 14.3. The Morgan fingerprint density at radius 1 is 0.704 bits per heavy atom. The summed E-state index contributed by atoms with van der Waals surface area (Å²) in [5.74, 6) is 0. The number of aliphatic hydroxyl groups is 1. The van der Waals surface area contributed by atoms with Gasteiger partial charge in [0.25, 0.3) is 0 Å². The minimum atomic E-state index is -4.55. The third kappa shape index (κ3) is 5.97. The van der Waals surface area contributed by atoms with Crippen LogP contribution in [0.3, 0.4) is 0 Å². The Balaban J connectivity index is 2.31. The SMILES string of the molecule is OCCCN(Cc1ccccc1C(F)(F)F)Cc1ccccc1C(F)(F)F. The molecule has 0 bridgehead atoms. The Morgan fingerprint density at radius 3 is 1.48 bits per heavy atom. The number of halogens is 6. The van der Waals surface area contributed by atoms with Gasteiger partial charge in [-0.05, 0) is 29.7 Å². The Hall–Kier alpha value is -2.06. The predicted octanol–water partition coefficient (Wildman–Crippen LogP) is 5.11. The molecule has 2 nitrogen and oxygen atoms in total. The van der Waals surface area contributed by atoms with Gasteiger partial charge in [0.05, 0.1) is 11.1 Å². The van der Waals surface area contributed by atoms with Crippen LogP contribution in [0.1, 0.15) is 28.7 Å². The van der Waals surface area contributed by atoms with Crippen molar-refractivity contribution in [3.8, 4) is 0 Å². The number of alkyl halides is 6. The maximum Gasteiger partial charge on any atom is 0.416 e. The van der Waals surface area contributed by atoms with Crippen molar-refractivity contribution in [2.24, 2.45) is 0 Å². The standard InChI is InChI=1S/C19H19F6NO/c20-18(21,22)16-8-3-1-6-14(16)12-26(10-5-11-27)13-15-7-2-4-9-17(15)19(23,24)25/h1-4,6-9,27H,5,10-13H2. The van der Waals surface area contributed by atoms with E-state index in [1.54, 1.807) is 0 Å². The lowest BCUT2D eigenvalue weighted by Crippen LogP contribution is -2.27. The molecule has 0 aromatic heterocycles. The third-order valence-electron chi connectivity index (χ3n) is 4.07. The van der Waals surface area contributed by atoms with Gasteiger partial charge in [-0.15, -0.1) is 0 Å². The lowest BCUT2D eigenvalue weighted by Gasteiger charge is -2.25. The molecule has 0 aliphatic rings. The first kappa shape index (κ1) is 21.2. The molecule has 0 amide bonds. The summed E-state index contributed by atoms with van der Waals surface area (Å²) in [6.07, 6.45) is -8.87. The van der Waals surface area contributed by atoms with E-state index < -0.39 is 23.5 Å². The lowest BCUT2D eigenvalue weighted by atomic mass is 10.0. The predicted molar refractivity (Wildman–Crippen MR) is 88.7 cm³/mol. The molecule has 1 N–H and O–H groups in total. The molecule has 0 unspecified atom stereocenters. The molecular formula is C19H19F6NO. The number of rotatable bonds is 7. The molecule has 0 aliphatic heterocycles. The number of benzene rings is 2. The van der Waals surface area contributed by atoms with Gasteiger partial charge in [0, 0.05) is 26.2 Å². The number of aliphatic hydroxyl groups excluding tert-OH is 1. The Labute approximate surface area is 153 Å². The fraction of sp³-hybridized carbons (Fsp3) is 0.368. The summed E-state index contributed by atoms with van der Waals surface area (Å²) in [7, 11) is 0. The molecule has 2 aromatic carbocycles. The van der Waals surface area contributed by atoms with E-state index in [1.165, 1.54) is 41.3 Å². The van der Waals surface area contributed by atoms with Gasteiger partial charge in [-0.25, -0.2) is 0 Å². The van der Waals surface area contributed by atoms with Crippen molar-refractivity contribution in [3.05, 3.63) is 70.8 Å². The van der Waals surface area contributed by atoms with Gasteiger partial charge in [-0.1, -0.05) is 36.4 Å². The van der Waals surface area contributed by atoms with Crippen LogP contribution >= 0.6 is 0 Å². The summed E-state index contributed by atoms with van der Waals surface area (Å²) in [5.41, 5.74) is -1.67. The minimum Gasteiger partial charge on any atom is -0.396 e. The van der Waals surface area contributed by atoms with Crippen LogP contribution in [-0.2, 0) is 25.4 Å². The highest BCUT2D eigenvalue weighted by atomic mass is 19.4. The molecule has 0 radical (unpaired) electrons. The van der Waals surface area contributed by atoms with Crippen LogP contribution in [0.4, 0.5) is 26.3 Å². The fourth-order valence-corrected chi connectivity index (χ4v) is 2.86. The van der Waals surface area contributed by atoms with Gasteiger partial charge in [-0.3, -0.25) is 4.90 Å². The molecule has 8 heteroatoms. The molecular weight excluding hydrogens is 372 g/mol. The molecule has 2 aromatic rings. The summed E-state index contributed by atoms with van der Waals surface area (Å²) < 4.78 is 79.1. The lowest BCUT2D eigenvalue weighted by molar-refractivity contribution is -0.138. The zero-order chi connectivity index (χ0) is 20.1. The monoisotopic (exact) mass is 391 g/mol. The highest BCUT2D eigenvalue weighted by molar-refractivity contribution is 5.31. The van der Waals surface area contributed by atoms with Crippen LogP contribution in [0.2, 0.25) is 0 Å². The molecule has 0 atom stereocenters. The van der Waals surface area contributed by atoms with Crippen LogP contribution in [-0.4, -0.2) is 23.2 Å². The second-order valence-corrected chi connectivity index (χ2v) is 6.10. The van der Waals surface area contributed by atoms with E-state index in [1.807, 2.05) is 0 Å². The molecule has 0 spiro atoms. The van der Waals surface area contributed by atoms with Gasteiger partial charge in [0.1, 0.15) is 0 Å². The maximum atomic E-state index is 13.2. The number of nitrogens with zero attached hydrogens (tertiary/aromatic N) is 1. The molecule has 0 saturated carbocycles. The molecule has 27 heavy (non-hydrogen) atoms. The largest absolute Gasteiger partial charge is 0.416 e. The Morgan fingerprint density at radius 2 is 1.11 bits per heavy atom. The molecule has 2 rings (SSSR count). The Kier molecular flexibility index (Phi) is 6.89. The van der Waals surface area contributed by atoms with Crippen molar-refractivity contribution >= 4 is 0 Å². The van der Waals surface area contributed by atoms with Gasteiger partial charge in [0.15, 0.2) is 0 Å². The number of hydrogen-bond acceptors (Lipinski definition) is 2. The summed E-state index contributed by atoms with van der Waals surface area (Å²) in [5, 5.41) is 9.03. The first-order valence-electron chi connectivity index (χ1n) is 8.26. The van der Waals surface area contributed by atoms with Crippen LogP contribution < -0.4 is 0 Å². The first-order chi connectivity index (χ1) is 12.6. The van der Waals surface area contributed by atoms with E-state index in [4.69, 9.17) is 5.11 Å². The Bertz CT molecular complexity index is 682. The van der Waals surface area contributed by atoms with Crippen LogP contribution in [0.25, 0.3) is 0 Å². The van der Waals surface area contributed by atoms with Gasteiger partial charge in [0.2, 0.25) is 0 Å². The van der Waals surface area contributed by atoms with E-state index in [9.17, 15) is 26.3 Å². The molecule has 0 saturated heterocycles. The van der Waals surface area contributed by atoms with E-state index >= 15 is 0 Å². The quantitative estimate of drug-likeness (QED) is 0.663. The summed E-state index contributed by atoms with van der Waals surface area (Å²) >= 11 is 0. The van der Waals surface area contributed by atoms with Crippen molar-refractivity contribution in [2.75, 3.05) is 13.2 Å². The second kappa shape index (κ2) is 8.75. The highest BCUT2D eigenvalue weighted by Crippen LogP contribution is 2.34. The van der Waals surface area contributed by atoms with Gasteiger partial charge >= 0.3 is 12.4 Å². The normalized spacial score (nSPS) is 12.6. The fourth-order valence-electron chi connectivity index (χ4n) is 2.86. The van der Waals surface area contributed by atoms with E-state index in [0.29, 0.717) is 0 Å². The topological polar surface area (TPSA) is 23.5 Å². The number of hydrogen-bond donors (Lipinski definition) is 1. The van der Waals surface area contributed by atoms with E-state index in [0.717, 1.165) is 12.1 Å². The second-order valence-electron chi connectivity index (χ2n) is 6.10. The summed E-state index contributed by atoms with van der Waals surface area (Å²) in [6.45, 7) is -0.406. The average Bonchev–Trinajstić information content (AvgIpc) is 2.59. The molecule has 0 heterocycles. The van der Waals surface area contributed by atoms with Crippen molar-refractivity contribution in [1.29, 1.82) is 0 Å². The minimum absolute atomic E-state index is 0.0209. The molecule has 0 aliphatic carbocycles. The summed E-state index contributed by atoms with van der Waals surface area (Å²) in [4.78, 5) is 1.48. The first-order valence-corrected chi connectivity index (χ1v) is 8.26. The van der Waals surface area contributed by atoms with Gasteiger partial charge < -0.3 is 5.11 Å².